The molecule has 0 aliphatic heterocycles. The Morgan fingerprint density at radius 2 is 0.937 bits per heavy atom. The van der Waals surface area contributed by atoms with E-state index in [1.54, 1.807) is 27.7 Å². The van der Waals surface area contributed by atoms with Crippen molar-refractivity contribution in [3.05, 3.63) is 48.9 Å². The fourth-order valence-electron chi connectivity index (χ4n) is 5.19. The molecule has 6 unspecified atom stereocenters. The van der Waals surface area contributed by atoms with Gasteiger partial charge in [0, 0.05) is 24.1 Å². The number of carbonyl (C=O) groups is 11. The van der Waals surface area contributed by atoms with E-state index in [1.807, 2.05) is 74.5 Å². The van der Waals surface area contributed by atoms with E-state index in [-0.39, 0.29) is 150 Å². The lowest BCUT2D eigenvalue weighted by Gasteiger charge is -2.24. The molecule has 0 aromatic heterocycles. The van der Waals surface area contributed by atoms with Crippen molar-refractivity contribution < 1.29 is 110 Å². The van der Waals surface area contributed by atoms with E-state index in [1.165, 1.54) is 14.0 Å². The normalized spacial score (nSPS) is 12.0. The Morgan fingerprint density at radius 3 is 1.32 bits per heavy atom. The fraction of sp³-hybridized carbons (Fsp3) is 0.701. The van der Waals surface area contributed by atoms with Gasteiger partial charge in [0.2, 0.25) is 6.54 Å². The van der Waals surface area contributed by atoms with Crippen molar-refractivity contribution >= 4 is 65.9 Å². The topological polar surface area (TPSA) is 386 Å². The van der Waals surface area contributed by atoms with Gasteiger partial charge in [0.05, 0.1) is 86.3 Å². The van der Waals surface area contributed by atoms with E-state index in [0.717, 1.165) is 57.1 Å². The molecule has 95 heavy (non-hydrogen) atoms. The van der Waals surface area contributed by atoms with Crippen LogP contribution in [0.3, 0.4) is 0 Å². The molecule has 0 fully saturated rings. The number of carbonyl (C=O) groups excluding carboxylic acids is 11. The molecule has 6 atom stereocenters. The van der Waals surface area contributed by atoms with Crippen LogP contribution in [0.1, 0.15) is 174 Å². The molecule has 542 valence electrons. The zero-order valence-electron chi connectivity index (χ0n) is 59.1. The number of unbranched alkanes of at least 4 members (excludes halogenated alkanes) is 3. The minimum absolute atomic E-state index is 0.0159. The molecule has 2 amide bonds. The summed E-state index contributed by atoms with van der Waals surface area (Å²) in [5.41, 5.74) is -0.973. The summed E-state index contributed by atoms with van der Waals surface area (Å²) >= 11 is 0. The Balaban J connectivity index is -0.000000254. The minimum atomic E-state index is -1.01. The van der Waals surface area contributed by atoms with Crippen LogP contribution >= 0.6 is 0 Å². The summed E-state index contributed by atoms with van der Waals surface area (Å²) in [6, 6.07) is 3.81. The number of rotatable bonds is 40. The number of amides is 2. The first-order valence-corrected chi connectivity index (χ1v) is 31.7. The first kappa shape index (κ1) is 97.5. The highest BCUT2D eigenvalue weighted by molar-refractivity contribution is 5.87. The minimum Gasteiger partial charge on any atom is -0.469 e. The van der Waals surface area contributed by atoms with Crippen molar-refractivity contribution in [1.29, 1.82) is 10.5 Å². The smallest absolute Gasteiger partial charge is 0.407 e. The number of ether oxygens (including phenoxy) is 11. The van der Waals surface area contributed by atoms with Crippen LogP contribution in [0.2, 0.25) is 0 Å². The van der Waals surface area contributed by atoms with E-state index in [4.69, 9.17) is 55.0 Å². The number of hydrogen-bond acceptors (Lipinski definition) is 25. The molecule has 0 aliphatic carbocycles. The molecule has 0 aromatic carbocycles. The van der Waals surface area contributed by atoms with Crippen molar-refractivity contribution in [3.63, 3.8) is 0 Å². The van der Waals surface area contributed by atoms with Crippen LogP contribution < -0.4 is 10.6 Å². The van der Waals surface area contributed by atoms with Crippen molar-refractivity contribution in [2.45, 2.75) is 180 Å². The predicted octanol–water partition coefficient (Wildman–Crippen LogP) is 9.54. The third-order valence-corrected chi connectivity index (χ3v) is 13.1. The van der Waals surface area contributed by atoms with Gasteiger partial charge in [-0.25, -0.2) is 30.5 Å². The standard InChI is InChI=1S/2C13H21NO6.C13H23NO2.C12H20O5.2C8H13NO2/c1-5-10(15)19-8-7-14-12(17)20-9-13(3,6-2)11(16)18-4;1-4-10(3)12(16)19-8-9-20-13(17)14-6-7-18-11(15)5-2;1-5-13(2,3)12(15)16-11-9-7-6-8-10-14-4;1-5-9(4)12(15)17-7-10(13)6-16-11(14)8(2)3;2*1-3-7(2)8(10)11-6-4-5-9/h5H,1,6-9H2,2-4H3,(H,14,17);5,10H,2,4,6-9H2,1,3H3,(H,14,17);5-11H2,1-3H3;9-10,13H,2,5-7H2,1,3-4H3;2*7H,3-4,6H2,1-2H3. The van der Waals surface area contributed by atoms with E-state index in [0.29, 0.717) is 32.4 Å². The number of aliphatic hydroxyl groups excluding tert-OH is 1. The molecule has 0 radical (unpaired) electrons. The van der Waals surface area contributed by atoms with Gasteiger partial charge in [0.15, 0.2) is 0 Å². The second-order valence-electron chi connectivity index (χ2n) is 21.6. The highest BCUT2D eigenvalue weighted by Crippen LogP contribution is 2.23. The predicted molar refractivity (Wildman–Crippen MR) is 350 cm³/mol. The molecule has 0 rings (SSSR count). The third kappa shape index (κ3) is 60.1. The number of nitriles is 2. The van der Waals surface area contributed by atoms with Crippen LogP contribution in [-0.4, -0.2) is 170 Å². The zero-order valence-corrected chi connectivity index (χ0v) is 59.1. The van der Waals surface area contributed by atoms with Gasteiger partial charge in [-0.1, -0.05) is 89.0 Å². The summed E-state index contributed by atoms with van der Waals surface area (Å²) in [6.07, 6.45) is 8.43. The lowest BCUT2D eigenvalue weighted by atomic mass is 9.89. The van der Waals surface area contributed by atoms with Crippen LogP contribution in [0.4, 0.5) is 9.59 Å². The van der Waals surface area contributed by atoms with Crippen LogP contribution in [0.15, 0.2) is 37.5 Å². The summed E-state index contributed by atoms with van der Waals surface area (Å²) in [5, 5.41) is 30.4. The third-order valence-electron chi connectivity index (χ3n) is 13.1. The number of hydrogen-bond donors (Lipinski definition) is 3. The Morgan fingerprint density at radius 1 is 0.537 bits per heavy atom. The van der Waals surface area contributed by atoms with Gasteiger partial charge in [0.1, 0.15) is 65.6 Å². The molecule has 0 saturated carbocycles. The molecule has 0 aliphatic rings. The number of nitrogens with zero attached hydrogens (tertiary/aromatic N) is 3. The first-order valence-electron chi connectivity index (χ1n) is 31.7. The highest BCUT2D eigenvalue weighted by Gasteiger charge is 2.34. The van der Waals surface area contributed by atoms with Crippen LogP contribution in [-0.2, 0) is 95.3 Å². The molecule has 28 nitrogen and oxygen atoms in total. The van der Waals surface area contributed by atoms with Gasteiger partial charge in [0.25, 0.3) is 0 Å². The van der Waals surface area contributed by atoms with Gasteiger partial charge >= 0.3 is 65.9 Å². The number of aliphatic hydroxyl groups is 1. The van der Waals surface area contributed by atoms with Crippen molar-refractivity contribution in [3.8, 4) is 12.1 Å². The summed E-state index contributed by atoms with van der Waals surface area (Å²) in [7, 11) is 1.28. The molecule has 0 bridgehead atoms. The fourth-order valence-corrected chi connectivity index (χ4v) is 5.19. The molecule has 28 heteroatoms. The number of esters is 9. The summed E-state index contributed by atoms with van der Waals surface area (Å²) < 4.78 is 52.9. The molecule has 3 N–H and O–H groups in total. The monoisotopic (exact) mass is 1350 g/mol. The highest BCUT2D eigenvalue weighted by atomic mass is 16.6. The zero-order chi connectivity index (χ0) is 74.2. The maximum absolute atomic E-state index is 11.6. The SMILES string of the molecule is C=C(C)C(=O)OCC(O)COC(=O)C(C)CC.C=CC(=O)OCCNC(=O)OCC(C)(CC)C(=O)OC.C=CC(=O)OCCNC(=O)OCCOC(=O)C(C)CC.CCC(C)C(=O)OCCC#N.CCC(C)C(=O)OCCC#N.[C-]#[N+]CCCCCCOC(=O)C(C)(C)CC. The Labute approximate surface area is 563 Å². The lowest BCUT2D eigenvalue weighted by molar-refractivity contribution is -0.155. The van der Waals surface area contributed by atoms with Crippen molar-refractivity contribution in [2.24, 2.45) is 34.5 Å². The summed E-state index contributed by atoms with van der Waals surface area (Å²) in [6.45, 7) is 43.4. The van der Waals surface area contributed by atoms with Gasteiger partial charge < -0.3 is 72.7 Å². The first-order chi connectivity index (χ1) is 44.8. The van der Waals surface area contributed by atoms with Crippen molar-refractivity contribution in [1.82, 2.24) is 10.6 Å². The van der Waals surface area contributed by atoms with Crippen LogP contribution in [0.5, 0.6) is 0 Å². The summed E-state index contributed by atoms with van der Waals surface area (Å²) in [5.74, 6) is -3.77. The molecule has 0 saturated heterocycles. The number of alkyl carbamates (subject to hydrolysis) is 2. The van der Waals surface area contributed by atoms with Crippen molar-refractivity contribution in [2.75, 3.05) is 92.8 Å². The second-order valence-corrected chi connectivity index (χ2v) is 21.6. The number of methoxy groups -OCH3 is 1. The molecule has 0 spiro atoms. The van der Waals surface area contributed by atoms with Crippen LogP contribution in [0.25, 0.3) is 4.85 Å². The number of nitrogens with one attached hydrogen (secondary N) is 2. The second kappa shape index (κ2) is 64.1. The van der Waals surface area contributed by atoms with Gasteiger partial charge in [-0.15, -0.1) is 0 Å². The average molecular weight is 1350 g/mol. The largest absolute Gasteiger partial charge is 0.469 e. The summed E-state index contributed by atoms with van der Waals surface area (Å²) in [4.78, 5) is 126. The lowest BCUT2D eigenvalue weighted by Crippen LogP contribution is -2.37. The Bertz CT molecular complexity index is 2340. The Hall–Kier alpha value is -8.58. The van der Waals surface area contributed by atoms with E-state index in [9.17, 15) is 57.8 Å². The van der Waals surface area contributed by atoms with Gasteiger partial charge in [-0.2, -0.15) is 10.5 Å². The van der Waals surface area contributed by atoms with Gasteiger partial charge in [-0.3, -0.25) is 28.8 Å². The Kier molecular flexibility index (Phi) is 65.8. The van der Waals surface area contributed by atoms with Crippen LogP contribution in [0, 0.1) is 63.7 Å². The molecule has 0 heterocycles. The average Bonchev–Trinajstić information content (AvgIpc) is 0.992. The molecular weight excluding hydrogens is 1240 g/mol. The van der Waals surface area contributed by atoms with E-state index in [2.05, 4.69) is 49.4 Å². The molecular formula is C67H111N5O23. The molecule has 0 aromatic rings. The maximum atomic E-state index is 11.6. The van der Waals surface area contributed by atoms with E-state index >= 15 is 0 Å². The maximum Gasteiger partial charge on any atom is 0.407 e. The van der Waals surface area contributed by atoms with Gasteiger partial charge in [-0.05, 0) is 85.5 Å². The van der Waals surface area contributed by atoms with E-state index < -0.39 is 47.6 Å². The quantitative estimate of drug-likeness (QED) is 0.0169.